The molecule has 5 heteroatoms. The summed E-state index contributed by atoms with van der Waals surface area (Å²) >= 11 is 0. The first-order valence-electron chi connectivity index (χ1n) is 4.11. The van der Waals surface area contributed by atoms with Crippen molar-refractivity contribution in [1.82, 2.24) is 10.7 Å². The van der Waals surface area contributed by atoms with E-state index in [0.29, 0.717) is 19.4 Å². The average molecular weight is 183 g/mol. The zero-order chi connectivity index (χ0) is 9.84. The highest BCUT2D eigenvalue weighted by atomic mass is 16.2. The Bertz CT molecular complexity index is 271. The fraction of sp³-hybridized carbons (Fsp3) is 0.500. The van der Waals surface area contributed by atoms with Gasteiger partial charge in [0.1, 0.15) is 0 Å². The van der Waals surface area contributed by atoms with Crippen LogP contribution in [0.2, 0.25) is 0 Å². The maximum atomic E-state index is 11.0. The minimum absolute atomic E-state index is 0.0387. The van der Waals surface area contributed by atoms with Crippen molar-refractivity contribution < 1.29 is 9.59 Å². The van der Waals surface area contributed by atoms with Gasteiger partial charge in [0.05, 0.1) is 0 Å². The zero-order valence-electron chi connectivity index (χ0n) is 7.52. The molecule has 0 saturated carbocycles. The van der Waals surface area contributed by atoms with Crippen molar-refractivity contribution in [2.24, 2.45) is 5.84 Å². The molecule has 0 bridgehead atoms. The minimum Gasteiger partial charge on any atom is -0.349 e. The minimum atomic E-state index is -0.209. The predicted molar refractivity (Wildman–Crippen MR) is 47.3 cm³/mol. The Hall–Kier alpha value is -1.36. The van der Waals surface area contributed by atoms with Crippen LogP contribution >= 0.6 is 0 Å². The smallest absolute Gasteiger partial charge is 0.247 e. The maximum Gasteiger partial charge on any atom is 0.247 e. The second kappa shape index (κ2) is 4.04. The van der Waals surface area contributed by atoms with Crippen LogP contribution in [0.3, 0.4) is 0 Å². The number of carbonyl (C=O) groups is 2. The highest BCUT2D eigenvalue weighted by Gasteiger charge is 2.18. The molecule has 4 N–H and O–H groups in total. The molecule has 0 unspecified atom stereocenters. The molecule has 1 aliphatic rings. The van der Waals surface area contributed by atoms with E-state index in [1.807, 2.05) is 5.43 Å². The Balaban J connectivity index is 2.46. The molecule has 0 spiro atoms. The van der Waals surface area contributed by atoms with Crippen LogP contribution in [-0.4, -0.2) is 18.4 Å². The molecule has 0 saturated heterocycles. The van der Waals surface area contributed by atoms with Gasteiger partial charge in [0.15, 0.2) is 0 Å². The second-order valence-corrected chi connectivity index (χ2v) is 2.98. The lowest BCUT2D eigenvalue weighted by Gasteiger charge is -2.00. The van der Waals surface area contributed by atoms with Crippen molar-refractivity contribution in [3.05, 3.63) is 11.1 Å². The molecule has 0 atom stereocenters. The van der Waals surface area contributed by atoms with Gasteiger partial charge in [-0.15, -0.1) is 0 Å². The van der Waals surface area contributed by atoms with E-state index in [1.54, 1.807) is 6.92 Å². The number of carbonyl (C=O) groups excluding carboxylic acids is 2. The Kier molecular flexibility index (Phi) is 3.02. The third-order valence-corrected chi connectivity index (χ3v) is 2.15. The summed E-state index contributed by atoms with van der Waals surface area (Å²) in [5.74, 6) is 4.67. The molecule has 1 heterocycles. The summed E-state index contributed by atoms with van der Waals surface area (Å²) in [4.78, 5) is 21.8. The van der Waals surface area contributed by atoms with Crippen LogP contribution in [0.5, 0.6) is 0 Å². The molecular formula is C8H13N3O2. The number of amides is 2. The van der Waals surface area contributed by atoms with Crippen LogP contribution in [0, 0.1) is 0 Å². The van der Waals surface area contributed by atoms with Crippen molar-refractivity contribution in [2.45, 2.75) is 19.8 Å². The summed E-state index contributed by atoms with van der Waals surface area (Å²) in [5, 5.41) is 2.69. The van der Waals surface area contributed by atoms with E-state index < -0.39 is 0 Å². The van der Waals surface area contributed by atoms with Crippen LogP contribution in [0.15, 0.2) is 11.1 Å². The number of hydrazine groups is 1. The Morgan fingerprint density at radius 2 is 2.38 bits per heavy atom. The summed E-state index contributed by atoms with van der Waals surface area (Å²) in [7, 11) is 0. The molecule has 1 rings (SSSR count). The maximum absolute atomic E-state index is 11.0. The Morgan fingerprint density at radius 3 is 2.85 bits per heavy atom. The van der Waals surface area contributed by atoms with Gasteiger partial charge in [0, 0.05) is 18.5 Å². The van der Waals surface area contributed by atoms with Gasteiger partial charge in [-0.1, -0.05) is 0 Å². The summed E-state index contributed by atoms with van der Waals surface area (Å²) in [5.41, 5.74) is 3.77. The third kappa shape index (κ3) is 2.29. The van der Waals surface area contributed by atoms with E-state index in [4.69, 9.17) is 5.84 Å². The van der Waals surface area contributed by atoms with Crippen molar-refractivity contribution >= 4 is 11.8 Å². The molecule has 0 fully saturated rings. The largest absolute Gasteiger partial charge is 0.349 e. The van der Waals surface area contributed by atoms with Gasteiger partial charge in [0.25, 0.3) is 0 Å². The van der Waals surface area contributed by atoms with E-state index in [1.165, 1.54) is 0 Å². The average Bonchev–Trinajstić information content (AvgIpc) is 2.44. The quantitative estimate of drug-likeness (QED) is 0.304. The van der Waals surface area contributed by atoms with E-state index in [9.17, 15) is 9.59 Å². The highest BCUT2D eigenvalue weighted by Crippen LogP contribution is 2.15. The lowest BCUT2D eigenvalue weighted by molar-refractivity contribution is -0.121. The second-order valence-electron chi connectivity index (χ2n) is 2.98. The molecular weight excluding hydrogens is 170 g/mol. The van der Waals surface area contributed by atoms with Crippen LogP contribution in [0.1, 0.15) is 19.8 Å². The molecule has 72 valence electrons. The topological polar surface area (TPSA) is 84.2 Å². The highest BCUT2D eigenvalue weighted by molar-refractivity contribution is 5.96. The number of hydrogen-bond donors (Lipinski definition) is 3. The van der Waals surface area contributed by atoms with E-state index in [0.717, 1.165) is 11.1 Å². The number of hydrogen-bond acceptors (Lipinski definition) is 3. The van der Waals surface area contributed by atoms with E-state index in [-0.39, 0.29) is 11.8 Å². The third-order valence-electron chi connectivity index (χ3n) is 2.15. The van der Waals surface area contributed by atoms with E-state index in [2.05, 4.69) is 5.32 Å². The predicted octanol–water partition coefficient (Wildman–Crippen LogP) is -0.797. The molecule has 2 amide bonds. The summed E-state index contributed by atoms with van der Waals surface area (Å²) in [6.07, 6.45) is 0.922. The number of nitrogens with one attached hydrogen (secondary N) is 2. The van der Waals surface area contributed by atoms with Crippen molar-refractivity contribution in [1.29, 1.82) is 0 Å². The molecule has 1 aliphatic heterocycles. The summed E-state index contributed by atoms with van der Waals surface area (Å²) in [6, 6.07) is 0. The van der Waals surface area contributed by atoms with Gasteiger partial charge in [-0.3, -0.25) is 15.0 Å². The summed E-state index contributed by atoms with van der Waals surface area (Å²) < 4.78 is 0. The first kappa shape index (κ1) is 9.73. The first-order chi connectivity index (χ1) is 6.15. The SMILES string of the molecule is CC1=C(CCC(=O)NN)CNC1=O. The van der Waals surface area contributed by atoms with Crippen LogP contribution in [-0.2, 0) is 9.59 Å². The Labute approximate surface area is 76.3 Å². The van der Waals surface area contributed by atoms with Gasteiger partial charge < -0.3 is 5.32 Å². The van der Waals surface area contributed by atoms with Gasteiger partial charge in [-0.05, 0) is 18.9 Å². The molecule has 5 nitrogen and oxygen atoms in total. The summed E-state index contributed by atoms with van der Waals surface area (Å²) in [6.45, 7) is 2.32. The molecule has 0 aliphatic carbocycles. The lowest BCUT2D eigenvalue weighted by Crippen LogP contribution is -2.29. The van der Waals surface area contributed by atoms with E-state index >= 15 is 0 Å². The van der Waals surface area contributed by atoms with Crippen molar-refractivity contribution in [3.8, 4) is 0 Å². The fourth-order valence-corrected chi connectivity index (χ4v) is 1.23. The molecule has 0 aromatic heterocycles. The fourth-order valence-electron chi connectivity index (χ4n) is 1.23. The van der Waals surface area contributed by atoms with Gasteiger partial charge >= 0.3 is 0 Å². The monoisotopic (exact) mass is 183 g/mol. The zero-order valence-corrected chi connectivity index (χ0v) is 7.52. The van der Waals surface area contributed by atoms with Gasteiger partial charge in [-0.2, -0.15) is 0 Å². The normalized spacial score (nSPS) is 16.0. The van der Waals surface area contributed by atoms with Crippen LogP contribution in [0.25, 0.3) is 0 Å². The van der Waals surface area contributed by atoms with Crippen molar-refractivity contribution in [3.63, 3.8) is 0 Å². The molecule has 0 aromatic carbocycles. The standard InChI is InChI=1S/C8H13N3O2/c1-5-6(4-10-8(5)13)2-3-7(12)11-9/h2-4,9H2,1H3,(H,10,13)(H,11,12). The van der Waals surface area contributed by atoms with Crippen LogP contribution < -0.4 is 16.6 Å². The van der Waals surface area contributed by atoms with Gasteiger partial charge in [-0.25, -0.2) is 5.84 Å². The Morgan fingerprint density at radius 1 is 1.69 bits per heavy atom. The lowest BCUT2D eigenvalue weighted by atomic mass is 10.1. The first-order valence-corrected chi connectivity index (χ1v) is 4.11. The molecule has 0 aromatic rings. The number of rotatable bonds is 3. The van der Waals surface area contributed by atoms with Gasteiger partial charge in [0.2, 0.25) is 11.8 Å². The van der Waals surface area contributed by atoms with Crippen molar-refractivity contribution in [2.75, 3.05) is 6.54 Å². The molecule has 13 heavy (non-hydrogen) atoms. The number of nitrogens with two attached hydrogens (primary N) is 1. The van der Waals surface area contributed by atoms with Crippen LogP contribution in [0.4, 0.5) is 0 Å². The molecule has 0 radical (unpaired) electrons.